The summed E-state index contributed by atoms with van der Waals surface area (Å²) in [6.07, 6.45) is 0. The van der Waals surface area contributed by atoms with E-state index in [1.807, 2.05) is 0 Å². The van der Waals surface area contributed by atoms with E-state index in [1.165, 1.54) is 38.5 Å². The second-order valence-electron chi connectivity index (χ2n) is 4.45. The molecule has 0 radical (unpaired) electrons. The molecule has 0 saturated heterocycles. The van der Waals surface area contributed by atoms with E-state index in [1.54, 1.807) is 6.92 Å². The van der Waals surface area contributed by atoms with Crippen molar-refractivity contribution in [1.29, 1.82) is 0 Å². The van der Waals surface area contributed by atoms with Crippen molar-refractivity contribution in [3.05, 3.63) is 51.8 Å². The first-order valence-corrected chi connectivity index (χ1v) is 6.30. The van der Waals surface area contributed by atoms with E-state index in [0.717, 1.165) is 6.07 Å². The Morgan fingerprint density at radius 3 is 2.23 bits per heavy atom. The lowest BCUT2D eigenvalue weighted by Gasteiger charge is -2.11. The summed E-state index contributed by atoms with van der Waals surface area (Å²) < 4.78 is 29.1. The molecule has 0 spiro atoms. The Labute approximate surface area is 126 Å². The Bertz CT molecular complexity index is 717. The van der Waals surface area contributed by atoms with Crippen LogP contribution in [0.15, 0.2) is 30.3 Å². The molecule has 0 atom stereocenters. The first-order chi connectivity index (χ1) is 10.5. The van der Waals surface area contributed by atoms with Crippen LogP contribution in [-0.2, 0) is 0 Å². The first kappa shape index (κ1) is 15.6. The molecule has 0 saturated carbocycles. The quantitative estimate of drug-likeness (QED) is 0.619. The molecule has 2 rings (SSSR count). The Balaban J connectivity index is 2.48. The number of benzene rings is 2. The van der Waals surface area contributed by atoms with Gasteiger partial charge in [-0.05, 0) is 18.6 Å². The van der Waals surface area contributed by atoms with Crippen molar-refractivity contribution in [2.75, 3.05) is 14.2 Å². The maximum atomic E-state index is 13.5. The van der Waals surface area contributed by atoms with Gasteiger partial charge in [0.05, 0.1) is 25.2 Å². The second kappa shape index (κ2) is 6.30. The zero-order valence-corrected chi connectivity index (χ0v) is 12.3. The van der Waals surface area contributed by atoms with Gasteiger partial charge in [-0.15, -0.1) is 0 Å². The maximum absolute atomic E-state index is 13.5. The van der Waals surface area contributed by atoms with Crippen molar-refractivity contribution in [3.8, 4) is 23.0 Å². The summed E-state index contributed by atoms with van der Waals surface area (Å²) in [7, 11) is 2.77. The molecule has 0 heterocycles. The van der Waals surface area contributed by atoms with Gasteiger partial charge in [0, 0.05) is 12.1 Å². The van der Waals surface area contributed by atoms with Crippen LogP contribution in [0.1, 0.15) is 5.56 Å². The van der Waals surface area contributed by atoms with Crippen LogP contribution in [0.3, 0.4) is 0 Å². The Kier molecular flexibility index (Phi) is 4.45. The summed E-state index contributed by atoms with van der Waals surface area (Å²) in [4.78, 5) is 10.5. The Morgan fingerprint density at radius 1 is 1.05 bits per heavy atom. The minimum Gasteiger partial charge on any atom is -0.493 e. The van der Waals surface area contributed by atoms with Crippen molar-refractivity contribution in [2.45, 2.75) is 6.92 Å². The molecule has 2 aromatic rings. The van der Waals surface area contributed by atoms with E-state index in [-0.39, 0.29) is 28.7 Å². The molecule has 0 fully saturated rings. The predicted octanol–water partition coefficient (Wildman–Crippen LogP) is 3.85. The molecule has 6 nitrogen and oxygen atoms in total. The Hall–Kier alpha value is -2.83. The summed E-state index contributed by atoms with van der Waals surface area (Å²) in [6.45, 7) is 1.61. The third kappa shape index (κ3) is 3.08. The lowest BCUT2D eigenvalue weighted by Crippen LogP contribution is -1.98. The van der Waals surface area contributed by atoms with Gasteiger partial charge in [0.1, 0.15) is 11.6 Å². The third-order valence-corrected chi connectivity index (χ3v) is 3.03. The molecule has 0 aromatic heterocycles. The average molecular weight is 307 g/mol. The van der Waals surface area contributed by atoms with Crippen LogP contribution in [0.5, 0.6) is 23.0 Å². The molecule has 0 aliphatic rings. The summed E-state index contributed by atoms with van der Waals surface area (Å²) in [5.74, 6) is 0.109. The van der Waals surface area contributed by atoms with E-state index in [0.29, 0.717) is 5.56 Å². The smallest absolute Gasteiger partial charge is 0.315 e. The van der Waals surface area contributed by atoms with Crippen molar-refractivity contribution >= 4 is 5.69 Å². The lowest BCUT2D eigenvalue weighted by molar-refractivity contribution is -0.385. The first-order valence-electron chi connectivity index (χ1n) is 6.30. The van der Waals surface area contributed by atoms with Crippen LogP contribution in [0.4, 0.5) is 10.1 Å². The van der Waals surface area contributed by atoms with Crippen molar-refractivity contribution < 1.29 is 23.5 Å². The highest BCUT2D eigenvalue weighted by Gasteiger charge is 2.21. The predicted molar refractivity (Wildman–Crippen MR) is 77.4 cm³/mol. The van der Waals surface area contributed by atoms with Gasteiger partial charge in [-0.3, -0.25) is 10.1 Å². The van der Waals surface area contributed by atoms with Crippen molar-refractivity contribution in [2.24, 2.45) is 0 Å². The zero-order chi connectivity index (χ0) is 16.3. The van der Waals surface area contributed by atoms with Gasteiger partial charge in [0.15, 0.2) is 11.5 Å². The maximum Gasteiger partial charge on any atom is 0.315 e. The van der Waals surface area contributed by atoms with E-state index >= 15 is 0 Å². The van der Waals surface area contributed by atoms with Crippen LogP contribution < -0.4 is 14.2 Å². The fraction of sp³-hybridized carbons (Fsp3) is 0.200. The van der Waals surface area contributed by atoms with Gasteiger partial charge in [0.25, 0.3) is 0 Å². The third-order valence-electron chi connectivity index (χ3n) is 3.03. The van der Waals surface area contributed by atoms with E-state index in [9.17, 15) is 14.5 Å². The zero-order valence-electron chi connectivity index (χ0n) is 12.3. The lowest BCUT2D eigenvalue weighted by atomic mass is 10.2. The largest absolute Gasteiger partial charge is 0.493 e. The average Bonchev–Trinajstić information content (AvgIpc) is 2.50. The van der Waals surface area contributed by atoms with Gasteiger partial charge in [-0.1, -0.05) is 6.07 Å². The Morgan fingerprint density at radius 2 is 1.68 bits per heavy atom. The molecule has 0 N–H and O–H groups in total. The van der Waals surface area contributed by atoms with Crippen LogP contribution in [0, 0.1) is 22.9 Å². The number of rotatable bonds is 5. The van der Waals surface area contributed by atoms with E-state index < -0.39 is 10.7 Å². The summed E-state index contributed by atoms with van der Waals surface area (Å²) >= 11 is 0. The van der Waals surface area contributed by atoms with Crippen LogP contribution in [0.2, 0.25) is 0 Å². The number of aryl methyl sites for hydroxylation is 1. The SMILES string of the molecule is COc1cc(Oc2ccc(C)c(F)c2)c([N+](=O)[O-])cc1OC. The minimum absolute atomic E-state index is 0.0640. The van der Waals surface area contributed by atoms with Crippen LogP contribution in [-0.4, -0.2) is 19.1 Å². The number of halogens is 1. The van der Waals surface area contributed by atoms with Crippen molar-refractivity contribution in [3.63, 3.8) is 0 Å². The number of ether oxygens (including phenoxy) is 3. The fourth-order valence-electron chi connectivity index (χ4n) is 1.84. The molecule has 0 bridgehead atoms. The molecule has 116 valence electrons. The summed E-state index contributed by atoms with van der Waals surface area (Å²) in [6, 6.07) is 6.74. The van der Waals surface area contributed by atoms with Crippen molar-refractivity contribution in [1.82, 2.24) is 0 Å². The normalized spacial score (nSPS) is 10.2. The number of hydrogen-bond donors (Lipinski definition) is 0. The van der Waals surface area contributed by atoms with E-state index in [4.69, 9.17) is 14.2 Å². The fourth-order valence-corrected chi connectivity index (χ4v) is 1.84. The van der Waals surface area contributed by atoms with Gasteiger partial charge in [-0.25, -0.2) is 4.39 Å². The standard InChI is InChI=1S/C15H14FNO5/c1-9-4-5-10(6-11(9)16)22-13-8-15(21-3)14(20-2)7-12(13)17(18)19/h4-8H,1-3H3. The van der Waals surface area contributed by atoms with Gasteiger partial charge in [-0.2, -0.15) is 0 Å². The van der Waals surface area contributed by atoms with Crippen LogP contribution in [0.25, 0.3) is 0 Å². The minimum atomic E-state index is -0.609. The number of nitro groups is 1. The molecule has 0 aliphatic carbocycles. The van der Waals surface area contributed by atoms with Gasteiger partial charge >= 0.3 is 5.69 Å². The van der Waals surface area contributed by atoms with Gasteiger partial charge < -0.3 is 14.2 Å². The number of nitrogens with zero attached hydrogens (tertiary/aromatic N) is 1. The molecular formula is C15H14FNO5. The highest BCUT2D eigenvalue weighted by atomic mass is 19.1. The summed E-state index contributed by atoms with van der Waals surface area (Å²) in [5.41, 5.74) is 0.146. The number of methoxy groups -OCH3 is 2. The highest BCUT2D eigenvalue weighted by molar-refractivity contribution is 5.59. The number of hydrogen-bond acceptors (Lipinski definition) is 5. The second-order valence-corrected chi connectivity index (χ2v) is 4.45. The molecule has 7 heteroatoms. The van der Waals surface area contributed by atoms with Crippen LogP contribution >= 0.6 is 0 Å². The summed E-state index contributed by atoms with van der Waals surface area (Å²) in [5, 5.41) is 11.2. The monoisotopic (exact) mass is 307 g/mol. The molecule has 0 aliphatic heterocycles. The molecule has 22 heavy (non-hydrogen) atoms. The molecule has 2 aromatic carbocycles. The topological polar surface area (TPSA) is 70.8 Å². The molecule has 0 unspecified atom stereocenters. The molecule has 0 amide bonds. The van der Waals surface area contributed by atoms with E-state index in [2.05, 4.69) is 0 Å². The molecular weight excluding hydrogens is 293 g/mol. The number of nitro benzene ring substituents is 1. The highest BCUT2D eigenvalue weighted by Crippen LogP contribution is 2.41. The van der Waals surface area contributed by atoms with Gasteiger partial charge in [0.2, 0.25) is 5.75 Å².